The maximum Gasteiger partial charge on any atom is 0.274 e. The van der Waals surface area contributed by atoms with E-state index in [-0.39, 0.29) is 11.9 Å². The van der Waals surface area contributed by atoms with Crippen LogP contribution in [0.2, 0.25) is 0 Å². The van der Waals surface area contributed by atoms with Gasteiger partial charge >= 0.3 is 0 Å². The van der Waals surface area contributed by atoms with Crippen LogP contribution in [-0.2, 0) is 0 Å². The van der Waals surface area contributed by atoms with Crippen molar-refractivity contribution in [2.24, 2.45) is 5.10 Å². The van der Waals surface area contributed by atoms with Gasteiger partial charge in [0.1, 0.15) is 11.3 Å². The van der Waals surface area contributed by atoms with Crippen LogP contribution in [-0.4, -0.2) is 16.6 Å². The molecule has 1 aliphatic heterocycles. The van der Waals surface area contributed by atoms with Gasteiger partial charge in [-0.2, -0.15) is 5.10 Å². The minimum absolute atomic E-state index is 0.111. The third-order valence-corrected chi connectivity index (χ3v) is 5.03. The lowest BCUT2D eigenvalue weighted by molar-refractivity contribution is 0.0711. The second kappa shape index (κ2) is 6.82. The Hall–Kier alpha value is -3.66. The number of hydrazone groups is 1. The van der Waals surface area contributed by atoms with Crippen LogP contribution in [0.5, 0.6) is 0 Å². The molecular formula is C24H18N2O2. The van der Waals surface area contributed by atoms with Gasteiger partial charge in [0.15, 0.2) is 5.76 Å². The summed E-state index contributed by atoms with van der Waals surface area (Å²) in [6, 6.07) is 29.0. The molecule has 0 fully saturated rings. The lowest BCUT2D eigenvalue weighted by Crippen LogP contribution is -2.27. The third-order valence-electron chi connectivity index (χ3n) is 5.03. The number of rotatable bonds is 3. The SMILES string of the molecule is O=C(c1ccccc1)N1N=C(c2cc3ccccc3o2)CC1c1ccccc1. The topological polar surface area (TPSA) is 45.8 Å². The standard InChI is InChI=1S/C24H18N2O2/c27-24(18-11-5-2-6-12-18)26-21(17-9-3-1-4-10-17)16-20(25-26)23-15-19-13-7-8-14-22(19)28-23/h1-15,21H,16H2. The second-order valence-electron chi connectivity index (χ2n) is 6.84. The van der Waals surface area contributed by atoms with Crippen molar-refractivity contribution < 1.29 is 9.21 Å². The van der Waals surface area contributed by atoms with Crippen LogP contribution in [0.1, 0.15) is 34.1 Å². The van der Waals surface area contributed by atoms with Crippen LogP contribution in [0.3, 0.4) is 0 Å². The maximum absolute atomic E-state index is 13.2. The van der Waals surface area contributed by atoms with Gasteiger partial charge in [-0.1, -0.05) is 66.7 Å². The molecule has 1 aromatic heterocycles. The monoisotopic (exact) mass is 366 g/mol. The van der Waals surface area contributed by atoms with Crippen LogP contribution < -0.4 is 0 Å². The van der Waals surface area contributed by atoms with Crippen molar-refractivity contribution in [2.45, 2.75) is 12.5 Å². The van der Waals surface area contributed by atoms with E-state index in [1.165, 1.54) is 0 Å². The quantitative estimate of drug-likeness (QED) is 0.486. The third kappa shape index (κ3) is 2.89. The molecule has 1 atom stereocenters. The summed E-state index contributed by atoms with van der Waals surface area (Å²) < 4.78 is 6.00. The van der Waals surface area contributed by atoms with Crippen molar-refractivity contribution in [2.75, 3.05) is 0 Å². The first-order valence-corrected chi connectivity index (χ1v) is 9.29. The second-order valence-corrected chi connectivity index (χ2v) is 6.84. The van der Waals surface area contributed by atoms with E-state index in [2.05, 4.69) is 0 Å². The van der Waals surface area contributed by atoms with E-state index < -0.39 is 0 Å². The molecule has 1 unspecified atom stereocenters. The Bertz CT molecular complexity index is 1130. The van der Waals surface area contributed by atoms with Crippen molar-refractivity contribution in [3.05, 3.63) is 108 Å². The molecule has 4 aromatic rings. The fraction of sp³-hybridized carbons (Fsp3) is 0.0833. The van der Waals surface area contributed by atoms with Crippen molar-refractivity contribution in [1.29, 1.82) is 0 Å². The summed E-state index contributed by atoms with van der Waals surface area (Å²) in [5.41, 5.74) is 3.29. The Balaban J connectivity index is 1.56. The predicted octanol–water partition coefficient (Wildman–Crippen LogP) is 5.42. The van der Waals surface area contributed by atoms with E-state index in [1.807, 2.05) is 91.0 Å². The first kappa shape index (κ1) is 16.5. The van der Waals surface area contributed by atoms with Crippen molar-refractivity contribution in [3.63, 3.8) is 0 Å². The van der Waals surface area contributed by atoms with Crippen LogP contribution in [0, 0.1) is 0 Å². The molecule has 0 bridgehead atoms. The molecule has 0 N–H and O–H groups in total. The van der Waals surface area contributed by atoms with Crippen LogP contribution >= 0.6 is 0 Å². The maximum atomic E-state index is 13.2. The molecule has 5 rings (SSSR count). The predicted molar refractivity (Wildman–Crippen MR) is 109 cm³/mol. The molecule has 4 nitrogen and oxygen atoms in total. The Morgan fingerprint density at radius 3 is 2.32 bits per heavy atom. The number of fused-ring (bicyclic) bond motifs is 1. The molecule has 0 saturated heterocycles. The van der Waals surface area contributed by atoms with Gasteiger partial charge in [-0.25, -0.2) is 5.01 Å². The fourth-order valence-corrected chi connectivity index (χ4v) is 3.62. The Kier molecular flexibility index (Phi) is 4.02. The van der Waals surface area contributed by atoms with Gasteiger partial charge in [0.2, 0.25) is 0 Å². The van der Waals surface area contributed by atoms with Gasteiger partial charge < -0.3 is 4.42 Å². The Morgan fingerprint density at radius 1 is 0.893 bits per heavy atom. The first-order chi connectivity index (χ1) is 13.8. The molecule has 28 heavy (non-hydrogen) atoms. The molecule has 1 aliphatic rings. The molecule has 1 amide bonds. The highest BCUT2D eigenvalue weighted by atomic mass is 16.3. The number of hydrogen-bond donors (Lipinski definition) is 0. The zero-order valence-electron chi connectivity index (χ0n) is 15.2. The van der Waals surface area contributed by atoms with E-state index in [0.717, 1.165) is 22.2 Å². The summed E-state index contributed by atoms with van der Waals surface area (Å²) >= 11 is 0. The fourth-order valence-electron chi connectivity index (χ4n) is 3.62. The molecule has 136 valence electrons. The molecular weight excluding hydrogens is 348 g/mol. The zero-order chi connectivity index (χ0) is 18.9. The van der Waals surface area contributed by atoms with E-state index in [1.54, 1.807) is 5.01 Å². The van der Waals surface area contributed by atoms with E-state index >= 15 is 0 Å². The average molecular weight is 366 g/mol. The highest BCUT2D eigenvalue weighted by molar-refractivity contribution is 6.05. The first-order valence-electron chi connectivity index (χ1n) is 9.29. The number of carbonyl (C=O) groups excluding carboxylic acids is 1. The highest BCUT2D eigenvalue weighted by Crippen LogP contribution is 2.35. The summed E-state index contributed by atoms with van der Waals surface area (Å²) in [6.45, 7) is 0. The lowest BCUT2D eigenvalue weighted by Gasteiger charge is -2.22. The number of furan rings is 1. The largest absolute Gasteiger partial charge is 0.455 e. The smallest absolute Gasteiger partial charge is 0.274 e. The number of para-hydroxylation sites is 1. The summed E-state index contributed by atoms with van der Waals surface area (Å²) in [5.74, 6) is 0.603. The van der Waals surface area contributed by atoms with Gasteiger partial charge in [-0.05, 0) is 29.8 Å². The van der Waals surface area contributed by atoms with Crippen molar-refractivity contribution in [1.82, 2.24) is 5.01 Å². The van der Waals surface area contributed by atoms with Crippen LogP contribution in [0.15, 0.2) is 101 Å². The van der Waals surface area contributed by atoms with E-state index in [9.17, 15) is 4.79 Å². The molecule has 3 aromatic carbocycles. The number of nitrogens with zero attached hydrogens (tertiary/aromatic N) is 2. The minimum atomic E-state index is -0.155. The van der Waals surface area contributed by atoms with Crippen LogP contribution in [0.25, 0.3) is 11.0 Å². The van der Waals surface area contributed by atoms with Crippen molar-refractivity contribution >= 4 is 22.6 Å². The molecule has 0 aliphatic carbocycles. The minimum Gasteiger partial charge on any atom is -0.455 e. The molecule has 0 spiro atoms. The van der Waals surface area contributed by atoms with Gasteiger partial charge in [0.05, 0.1) is 6.04 Å². The Morgan fingerprint density at radius 2 is 1.57 bits per heavy atom. The molecule has 4 heteroatoms. The van der Waals surface area contributed by atoms with Crippen molar-refractivity contribution in [3.8, 4) is 0 Å². The van der Waals surface area contributed by atoms with E-state index in [4.69, 9.17) is 9.52 Å². The number of hydrogen-bond acceptors (Lipinski definition) is 3. The van der Waals surface area contributed by atoms with E-state index in [0.29, 0.717) is 17.7 Å². The highest BCUT2D eigenvalue weighted by Gasteiger charge is 2.34. The summed E-state index contributed by atoms with van der Waals surface area (Å²) in [5, 5.41) is 7.32. The summed E-state index contributed by atoms with van der Waals surface area (Å²) in [4.78, 5) is 13.2. The van der Waals surface area contributed by atoms with Gasteiger partial charge in [0.25, 0.3) is 5.91 Å². The summed E-state index contributed by atoms with van der Waals surface area (Å²) in [7, 11) is 0. The lowest BCUT2D eigenvalue weighted by atomic mass is 10.0. The van der Waals surface area contributed by atoms with Gasteiger partial charge in [-0.3, -0.25) is 4.79 Å². The number of carbonyl (C=O) groups is 1. The average Bonchev–Trinajstić information content (AvgIpc) is 3.39. The Labute approximate surface area is 162 Å². The van der Waals surface area contributed by atoms with Gasteiger partial charge in [0, 0.05) is 17.4 Å². The normalized spacial score (nSPS) is 16.4. The molecule has 0 radical (unpaired) electrons. The summed E-state index contributed by atoms with van der Waals surface area (Å²) in [6.07, 6.45) is 0.614. The molecule has 0 saturated carbocycles. The number of benzene rings is 3. The van der Waals surface area contributed by atoms with Crippen LogP contribution in [0.4, 0.5) is 0 Å². The zero-order valence-corrected chi connectivity index (χ0v) is 15.2. The van der Waals surface area contributed by atoms with Gasteiger partial charge in [-0.15, -0.1) is 0 Å². The molecule has 2 heterocycles. The number of amides is 1.